The van der Waals surface area contributed by atoms with E-state index in [-0.39, 0.29) is 11.5 Å². The van der Waals surface area contributed by atoms with E-state index in [0.29, 0.717) is 28.5 Å². The first-order valence-corrected chi connectivity index (χ1v) is 6.53. The van der Waals surface area contributed by atoms with Gasteiger partial charge in [-0.3, -0.25) is 9.59 Å². The number of rotatable bonds is 3. The Labute approximate surface area is 125 Å². The van der Waals surface area contributed by atoms with E-state index >= 15 is 0 Å². The van der Waals surface area contributed by atoms with E-state index in [1.807, 2.05) is 0 Å². The number of hydrogen-bond acceptors (Lipinski definition) is 5. The predicted molar refractivity (Wildman–Crippen MR) is 80.1 cm³/mol. The van der Waals surface area contributed by atoms with Crippen molar-refractivity contribution in [1.29, 1.82) is 0 Å². The Bertz CT molecular complexity index is 862. The molecule has 0 atom stereocenters. The van der Waals surface area contributed by atoms with Gasteiger partial charge in [-0.15, -0.1) is 0 Å². The van der Waals surface area contributed by atoms with Crippen molar-refractivity contribution in [3.63, 3.8) is 0 Å². The van der Waals surface area contributed by atoms with Crippen LogP contribution in [0.2, 0.25) is 0 Å². The summed E-state index contributed by atoms with van der Waals surface area (Å²) in [6.07, 6.45) is 1.52. The number of aromatic nitrogens is 3. The van der Waals surface area contributed by atoms with Gasteiger partial charge in [0, 0.05) is 36.0 Å². The molecule has 7 nitrogen and oxygen atoms in total. The predicted octanol–water partition coefficient (Wildman–Crippen LogP) is 2.05. The third-order valence-electron chi connectivity index (χ3n) is 2.90. The molecule has 0 unspecified atom stereocenters. The Kier molecular flexibility index (Phi) is 3.53. The Morgan fingerprint density at radius 1 is 1.23 bits per heavy atom. The molecule has 0 aliphatic carbocycles. The maximum absolute atomic E-state index is 11.1. The summed E-state index contributed by atoms with van der Waals surface area (Å²) in [5.41, 5.74) is 1.78. The van der Waals surface area contributed by atoms with Crippen molar-refractivity contribution in [3.05, 3.63) is 52.9 Å². The number of carbonyl (C=O) groups is 1. The minimum absolute atomic E-state index is 0.156. The Balaban J connectivity index is 1.92. The highest BCUT2D eigenvalue weighted by molar-refractivity contribution is 5.89. The van der Waals surface area contributed by atoms with Crippen LogP contribution in [0.1, 0.15) is 6.92 Å². The average molecular weight is 296 g/mol. The van der Waals surface area contributed by atoms with E-state index in [2.05, 4.69) is 20.4 Å². The molecule has 2 N–H and O–H groups in total. The number of aromatic amines is 1. The van der Waals surface area contributed by atoms with Crippen molar-refractivity contribution in [2.45, 2.75) is 6.92 Å². The van der Waals surface area contributed by atoms with Crippen LogP contribution in [0.3, 0.4) is 0 Å². The Hall–Kier alpha value is -3.22. The number of nitrogens with zero attached hydrogens (tertiary/aromatic N) is 2. The van der Waals surface area contributed by atoms with Gasteiger partial charge < -0.3 is 14.8 Å². The molecule has 7 heteroatoms. The second-order valence-electron chi connectivity index (χ2n) is 4.63. The van der Waals surface area contributed by atoms with Gasteiger partial charge in [-0.1, -0.05) is 11.2 Å². The van der Waals surface area contributed by atoms with Gasteiger partial charge in [0.2, 0.25) is 17.3 Å². The summed E-state index contributed by atoms with van der Waals surface area (Å²) in [4.78, 5) is 29.0. The fraction of sp³-hybridized carbons (Fsp3) is 0.0667. The molecule has 22 heavy (non-hydrogen) atoms. The van der Waals surface area contributed by atoms with Gasteiger partial charge in [-0.25, -0.2) is 0 Å². The van der Waals surface area contributed by atoms with Crippen LogP contribution >= 0.6 is 0 Å². The van der Waals surface area contributed by atoms with Gasteiger partial charge in [-0.05, 0) is 24.3 Å². The molecular formula is C15H12N4O3. The van der Waals surface area contributed by atoms with Crippen LogP contribution in [0.15, 0.2) is 51.9 Å². The number of carbonyl (C=O) groups excluding carboxylic acids is 1. The lowest BCUT2D eigenvalue weighted by Gasteiger charge is -2.02. The van der Waals surface area contributed by atoms with E-state index in [1.165, 1.54) is 19.2 Å². The first-order chi connectivity index (χ1) is 10.6. The smallest absolute Gasteiger partial charge is 0.258 e. The highest BCUT2D eigenvalue weighted by Gasteiger charge is 2.11. The van der Waals surface area contributed by atoms with Crippen LogP contribution in [0, 0.1) is 0 Å². The Morgan fingerprint density at radius 3 is 2.82 bits per heavy atom. The summed E-state index contributed by atoms with van der Waals surface area (Å²) >= 11 is 0. The van der Waals surface area contributed by atoms with Crippen molar-refractivity contribution in [2.75, 3.05) is 5.32 Å². The third-order valence-corrected chi connectivity index (χ3v) is 2.90. The minimum Gasteiger partial charge on any atom is -0.334 e. The van der Waals surface area contributed by atoms with Crippen LogP contribution in [0.5, 0.6) is 0 Å². The quantitative estimate of drug-likeness (QED) is 0.770. The van der Waals surface area contributed by atoms with E-state index in [1.54, 1.807) is 30.3 Å². The van der Waals surface area contributed by atoms with Gasteiger partial charge >= 0.3 is 0 Å². The monoisotopic (exact) mass is 296 g/mol. The molecule has 2 aromatic heterocycles. The van der Waals surface area contributed by atoms with Gasteiger partial charge in [0.25, 0.3) is 5.89 Å². The highest BCUT2D eigenvalue weighted by atomic mass is 16.5. The largest absolute Gasteiger partial charge is 0.334 e. The normalized spacial score (nSPS) is 10.4. The maximum Gasteiger partial charge on any atom is 0.258 e. The molecule has 0 aliphatic rings. The minimum atomic E-state index is -0.199. The zero-order chi connectivity index (χ0) is 15.5. The molecule has 3 rings (SSSR count). The lowest BCUT2D eigenvalue weighted by atomic mass is 10.2. The molecule has 0 aliphatic heterocycles. The van der Waals surface area contributed by atoms with E-state index in [0.717, 1.165) is 0 Å². The van der Waals surface area contributed by atoms with Crippen LogP contribution in [0.25, 0.3) is 22.8 Å². The number of H-pyrrole nitrogens is 1. The van der Waals surface area contributed by atoms with Crippen molar-refractivity contribution >= 4 is 11.6 Å². The number of pyridine rings is 1. The molecule has 0 radical (unpaired) electrons. The fourth-order valence-corrected chi connectivity index (χ4v) is 1.94. The molecule has 0 saturated carbocycles. The molecule has 3 aromatic rings. The summed E-state index contributed by atoms with van der Waals surface area (Å²) in [6, 6.07) is 10.1. The fourth-order valence-electron chi connectivity index (χ4n) is 1.94. The first-order valence-electron chi connectivity index (χ1n) is 6.53. The number of hydrogen-bond donors (Lipinski definition) is 2. The molecular weight excluding hydrogens is 284 g/mol. The zero-order valence-electron chi connectivity index (χ0n) is 11.7. The van der Waals surface area contributed by atoms with Crippen molar-refractivity contribution in [2.24, 2.45) is 0 Å². The highest BCUT2D eigenvalue weighted by Crippen LogP contribution is 2.23. The molecule has 0 spiro atoms. The van der Waals surface area contributed by atoms with Crippen LogP contribution < -0.4 is 10.9 Å². The lowest BCUT2D eigenvalue weighted by molar-refractivity contribution is -0.114. The summed E-state index contributed by atoms with van der Waals surface area (Å²) < 4.78 is 5.23. The Morgan fingerprint density at radius 2 is 2.09 bits per heavy atom. The molecule has 110 valence electrons. The summed E-state index contributed by atoms with van der Waals surface area (Å²) in [7, 11) is 0. The van der Waals surface area contributed by atoms with Gasteiger partial charge in [-0.2, -0.15) is 4.98 Å². The molecule has 0 bridgehead atoms. The molecule has 1 amide bonds. The maximum atomic E-state index is 11.1. The van der Waals surface area contributed by atoms with Crippen LogP contribution in [-0.2, 0) is 4.79 Å². The third kappa shape index (κ3) is 2.93. The first kappa shape index (κ1) is 13.7. The molecule has 1 aromatic carbocycles. The van der Waals surface area contributed by atoms with Gasteiger partial charge in [0.05, 0.1) is 0 Å². The van der Waals surface area contributed by atoms with Crippen LogP contribution in [0.4, 0.5) is 5.69 Å². The van der Waals surface area contributed by atoms with Gasteiger partial charge in [0.1, 0.15) is 0 Å². The SMILES string of the molecule is CC(=O)Nc1cccc(-c2nc(-c3ccc(=O)[nH]c3)no2)c1. The van der Waals surface area contributed by atoms with Crippen molar-refractivity contribution < 1.29 is 9.32 Å². The molecule has 2 heterocycles. The number of nitrogens with one attached hydrogen (secondary N) is 2. The number of amides is 1. The second kappa shape index (κ2) is 5.65. The van der Waals surface area contributed by atoms with Crippen molar-refractivity contribution in [3.8, 4) is 22.8 Å². The number of benzene rings is 1. The van der Waals surface area contributed by atoms with Crippen molar-refractivity contribution in [1.82, 2.24) is 15.1 Å². The van der Waals surface area contributed by atoms with Crippen LogP contribution in [-0.4, -0.2) is 21.0 Å². The van der Waals surface area contributed by atoms with Gasteiger partial charge in [0.15, 0.2) is 0 Å². The second-order valence-corrected chi connectivity index (χ2v) is 4.63. The molecule has 0 saturated heterocycles. The summed E-state index contributed by atoms with van der Waals surface area (Å²) in [5, 5.41) is 6.58. The average Bonchev–Trinajstić information content (AvgIpc) is 2.97. The summed E-state index contributed by atoms with van der Waals surface area (Å²) in [5.74, 6) is 0.543. The zero-order valence-corrected chi connectivity index (χ0v) is 11.7. The topological polar surface area (TPSA) is 101 Å². The summed E-state index contributed by atoms with van der Waals surface area (Å²) in [6.45, 7) is 1.44. The van der Waals surface area contributed by atoms with E-state index in [9.17, 15) is 9.59 Å². The van der Waals surface area contributed by atoms with E-state index in [4.69, 9.17) is 4.52 Å². The standard InChI is InChI=1S/C15H12N4O3/c1-9(20)17-12-4-2-3-10(7-12)15-18-14(19-22-15)11-5-6-13(21)16-8-11/h2-8H,1H3,(H,16,21)(H,17,20). The molecule has 0 fully saturated rings. The van der Waals surface area contributed by atoms with E-state index < -0.39 is 0 Å². The lowest BCUT2D eigenvalue weighted by Crippen LogP contribution is -2.05. The number of anilines is 1.